The lowest BCUT2D eigenvalue weighted by atomic mass is 10.2. The number of thiophene rings is 2. The van der Waals surface area contributed by atoms with E-state index in [0.29, 0.717) is 15.0 Å². The van der Waals surface area contributed by atoms with Crippen molar-refractivity contribution in [3.63, 3.8) is 0 Å². The molecule has 3 rings (SSSR count). The number of ketones is 1. The average molecular weight is 383 g/mol. The van der Waals surface area contributed by atoms with Gasteiger partial charge < -0.3 is 9.26 Å². The van der Waals surface area contributed by atoms with Gasteiger partial charge in [0.2, 0.25) is 5.82 Å². The van der Waals surface area contributed by atoms with Crippen LogP contribution in [0.2, 0.25) is 4.34 Å². The second kappa shape index (κ2) is 7.69. The summed E-state index contributed by atoms with van der Waals surface area (Å²) in [5, 5.41) is 5.73. The summed E-state index contributed by atoms with van der Waals surface area (Å²) in [6.07, 6.45) is 0.0558. The van der Waals surface area contributed by atoms with E-state index in [0.717, 1.165) is 4.88 Å². The lowest BCUT2D eigenvalue weighted by molar-refractivity contribution is -0.145. The summed E-state index contributed by atoms with van der Waals surface area (Å²) in [6.45, 7) is -0.115. The van der Waals surface area contributed by atoms with Gasteiger partial charge in [-0.25, -0.2) is 0 Å². The van der Waals surface area contributed by atoms with Crippen LogP contribution in [0, 0.1) is 0 Å². The molecular formula is C15H11ClN2O4S2. The Morgan fingerprint density at radius 3 is 2.83 bits per heavy atom. The maximum absolute atomic E-state index is 11.9. The largest absolute Gasteiger partial charge is 0.456 e. The Kier molecular flexibility index (Phi) is 5.39. The number of hydrogen-bond donors (Lipinski definition) is 0. The van der Waals surface area contributed by atoms with Crippen LogP contribution < -0.4 is 0 Å². The summed E-state index contributed by atoms with van der Waals surface area (Å²) in [4.78, 5) is 29.1. The molecule has 0 saturated heterocycles. The summed E-state index contributed by atoms with van der Waals surface area (Å²) < 4.78 is 10.6. The minimum Gasteiger partial charge on any atom is -0.456 e. The number of nitrogens with zero attached hydrogens (tertiary/aromatic N) is 2. The van der Waals surface area contributed by atoms with E-state index >= 15 is 0 Å². The van der Waals surface area contributed by atoms with Gasteiger partial charge in [-0.05, 0) is 23.6 Å². The predicted octanol–water partition coefficient (Wildman–Crippen LogP) is 4.22. The minimum atomic E-state index is -0.498. The molecule has 0 saturated carbocycles. The minimum absolute atomic E-state index is 0.0136. The second-order valence-corrected chi connectivity index (χ2v) is 7.34. The van der Waals surface area contributed by atoms with Gasteiger partial charge in [0.15, 0.2) is 12.4 Å². The van der Waals surface area contributed by atoms with Crippen LogP contribution in [0.15, 0.2) is 34.2 Å². The zero-order valence-corrected chi connectivity index (χ0v) is 14.6. The van der Waals surface area contributed by atoms with E-state index in [1.165, 1.54) is 22.7 Å². The van der Waals surface area contributed by atoms with Crippen LogP contribution in [-0.4, -0.2) is 21.9 Å². The Labute approximate surface area is 150 Å². The van der Waals surface area contributed by atoms with Crippen molar-refractivity contribution in [2.24, 2.45) is 0 Å². The molecule has 9 heteroatoms. The number of aromatic nitrogens is 2. The molecule has 0 amide bonds. The Hall–Kier alpha value is -2.03. The van der Waals surface area contributed by atoms with Crippen molar-refractivity contribution in [1.82, 2.24) is 10.1 Å². The number of Topliss-reactive ketones (excluding diaryl/α,β-unsaturated/α-hetero) is 1. The van der Waals surface area contributed by atoms with E-state index < -0.39 is 5.97 Å². The van der Waals surface area contributed by atoms with Crippen molar-refractivity contribution in [3.8, 4) is 10.7 Å². The third kappa shape index (κ3) is 4.28. The molecule has 124 valence electrons. The first-order chi connectivity index (χ1) is 11.6. The first-order valence-electron chi connectivity index (χ1n) is 6.92. The number of halogens is 1. The number of ether oxygens (including phenoxy) is 1. The second-order valence-electron chi connectivity index (χ2n) is 4.68. The lowest BCUT2D eigenvalue weighted by Crippen LogP contribution is -2.07. The average Bonchev–Trinajstić information content (AvgIpc) is 3.30. The summed E-state index contributed by atoms with van der Waals surface area (Å²) in [5.41, 5.74) is 0. The quantitative estimate of drug-likeness (QED) is 0.449. The number of hydrogen-bond acceptors (Lipinski definition) is 8. The highest BCUT2D eigenvalue weighted by Crippen LogP contribution is 2.23. The van der Waals surface area contributed by atoms with Crippen LogP contribution in [0.4, 0.5) is 0 Å². The molecule has 0 aromatic carbocycles. The van der Waals surface area contributed by atoms with Crippen molar-refractivity contribution in [1.29, 1.82) is 0 Å². The van der Waals surface area contributed by atoms with Crippen LogP contribution >= 0.6 is 34.3 Å². The Morgan fingerprint density at radius 2 is 2.12 bits per heavy atom. The Morgan fingerprint density at radius 1 is 1.25 bits per heavy atom. The topological polar surface area (TPSA) is 82.3 Å². The van der Waals surface area contributed by atoms with Crippen LogP contribution in [0.25, 0.3) is 10.7 Å². The van der Waals surface area contributed by atoms with Gasteiger partial charge in [0, 0.05) is 6.42 Å². The summed E-state index contributed by atoms with van der Waals surface area (Å²) >= 11 is 8.45. The molecule has 0 aliphatic carbocycles. The van der Waals surface area contributed by atoms with Gasteiger partial charge in [-0.1, -0.05) is 22.8 Å². The first-order valence-corrected chi connectivity index (χ1v) is 9.00. The maximum atomic E-state index is 11.9. The van der Waals surface area contributed by atoms with E-state index in [2.05, 4.69) is 10.1 Å². The van der Waals surface area contributed by atoms with Gasteiger partial charge in [-0.15, -0.1) is 22.7 Å². The molecule has 0 fully saturated rings. The monoisotopic (exact) mass is 382 g/mol. The molecule has 3 aromatic rings. The zero-order chi connectivity index (χ0) is 16.9. The number of carbonyl (C=O) groups excluding carboxylic acids is 2. The predicted molar refractivity (Wildman–Crippen MR) is 90.3 cm³/mol. The molecule has 3 aromatic heterocycles. The zero-order valence-electron chi connectivity index (χ0n) is 12.2. The highest BCUT2D eigenvalue weighted by molar-refractivity contribution is 7.18. The van der Waals surface area contributed by atoms with E-state index in [9.17, 15) is 9.59 Å². The molecule has 0 radical (unpaired) electrons. The van der Waals surface area contributed by atoms with Gasteiger partial charge in [0.1, 0.15) is 0 Å². The highest BCUT2D eigenvalue weighted by atomic mass is 35.5. The van der Waals surface area contributed by atoms with Crippen molar-refractivity contribution >= 4 is 46.0 Å². The summed E-state index contributed by atoms with van der Waals surface area (Å²) in [6, 6.07) is 7.05. The van der Waals surface area contributed by atoms with Gasteiger partial charge in [-0.3, -0.25) is 9.59 Å². The number of carbonyl (C=O) groups is 2. The normalized spacial score (nSPS) is 10.7. The molecule has 3 heterocycles. The third-order valence-corrected chi connectivity index (χ3v) is 5.11. The molecule has 0 aliphatic rings. The summed E-state index contributed by atoms with van der Waals surface area (Å²) in [7, 11) is 0. The van der Waals surface area contributed by atoms with Crippen molar-refractivity contribution < 1.29 is 18.8 Å². The molecule has 0 unspecified atom stereocenters. The van der Waals surface area contributed by atoms with Gasteiger partial charge >= 0.3 is 5.97 Å². The number of rotatable bonds is 7. The molecule has 0 spiro atoms. The molecule has 6 nitrogen and oxygen atoms in total. The molecule has 0 bridgehead atoms. The summed E-state index contributed by atoms with van der Waals surface area (Å²) in [5.74, 6) is 0.0346. The van der Waals surface area contributed by atoms with Crippen LogP contribution in [0.5, 0.6) is 0 Å². The van der Waals surface area contributed by atoms with Crippen molar-refractivity contribution in [3.05, 3.63) is 44.7 Å². The van der Waals surface area contributed by atoms with E-state index in [1.54, 1.807) is 12.1 Å². The standard InChI is InChI=1S/C15H11ClN2O4S2/c16-12-5-4-10(24-12)9(19)3-6-14(20)21-8-13-17-15(18-22-13)11-2-1-7-23-11/h1-2,4-5,7H,3,6,8H2. The molecule has 0 aliphatic heterocycles. The van der Waals surface area contributed by atoms with Crippen LogP contribution in [0.1, 0.15) is 28.4 Å². The molecule has 24 heavy (non-hydrogen) atoms. The first kappa shape index (κ1) is 16.8. The smallest absolute Gasteiger partial charge is 0.306 e. The fourth-order valence-electron chi connectivity index (χ4n) is 1.84. The van der Waals surface area contributed by atoms with Crippen molar-refractivity contribution in [2.45, 2.75) is 19.4 Å². The molecular weight excluding hydrogens is 372 g/mol. The van der Waals surface area contributed by atoms with E-state index in [4.69, 9.17) is 20.9 Å². The highest BCUT2D eigenvalue weighted by Gasteiger charge is 2.14. The van der Waals surface area contributed by atoms with Crippen LogP contribution in [0.3, 0.4) is 0 Å². The molecule has 0 atom stereocenters. The van der Waals surface area contributed by atoms with E-state index in [-0.39, 0.29) is 31.1 Å². The van der Waals surface area contributed by atoms with Gasteiger partial charge in [0.25, 0.3) is 5.89 Å². The van der Waals surface area contributed by atoms with Gasteiger partial charge in [0.05, 0.1) is 20.5 Å². The fraction of sp³-hybridized carbons (Fsp3) is 0.200. The Balaban J connectivity index is 1.45. The third-order valence-electron chi connectivity index (χ3n) is 2.97. The van der Waals surface area contributed by atoms with Crippen LogP contribution in [-0.2, 0) is 16.1 Å². The SMILES string of the molecule is O=C(CCC(=O)c1ccc(Cl)s1)OCc1nc(-c2cccs2)no1. The van der Waals surface area contributed by atoms with E-state index in [1.807, 2.05) is 17.5 Å². The lowest BCUT2D eigenvalue weighted by Gasteiger charge is -2.00. The fourth-order valence-corrected chi connectivity index (χ4v) is 3.50. The van der Waals surface area contributed by atoms with Gasteiger partial charge in [-0.2, -0.15) is 4.98 Å². The Bertz CT molecular complexity index is 841. The number of esters is 1. The van der Waals surface area contributed by atoms with Crippen molar-refractivity contribution in [2.75, 3.05) is 0 Å². The molecule has 0 N–H and O–H groups in total. The maximum Gasteiger partial charge on any atom is 0.306 e.